The van der Waals surface area contributed by atoms with Gasteiger partial charge in [0.15, 0.2) is 5.76 Å². The van der Waals surface area contributed by atoms with E-state index in [1.165, 1.54) is 6.26 Å². The summed E-state index contributed by atoms with van der Waals surface area (Å²) in [6.45, 7) is 1.88. The number of fused-ring (bicyclic) bond motifs is 1. The molecule has 0 saturated carbocycles. The van der Waals surface area contributed by atoms with Crippen LogP contribution in [0.3, 0.4) is 0 Å². The zero-order valence-electron chi connectivity index (χ0n) is 12.9. The van der Waals surface area contributed by atoms with E-state index in [2.05, 4.69) is 10.6 Å². The molecule has 0 bridgehead atoms. The fourth-order valence-corrected chi connectivity index (χ4v) is 2.48. The van der Waals surface area contributed by atoms with E-state index in [-0.39, 0.29) is 24.8 Å². The lowest BCUT2D eigenvalue weighted by Gasteiger charge is -2.05. The molecule has 0 spiro atoms. The number of nitrogens with one attached hydrogen (secondary N) is 2. The Bertz CT molecular complexity index is 884. The molecule has 2 amide bonds. The van der Waals surface area contributed by atoms with Gasteiger partial charge in [0.1, 0.15) is 11.3 Å². The highest BCUT2D eigenvalue weighted by Gasteiger charge is 2.18. The molecule has 2 aromatic heterocycles. The number of benzene rings is 1. The van der Waals surface area contributed by atoms with Gasteiger partial charge in [0.05, 0.1) is 19.4 Å². The first-order valence-electron chi connectivity index (χ1n) is 7.30. The third-order valence-electron chi connectivity index (χ3n) is 3.55. The van der Waals surface area contributed by atoms with E-state index >= 15 is 0 Å². The first kappa shape index (κ1) is 16.1. The number of hydrogen-bond donors (Lipinski definition) is 2. The van der Waals surface area contributed by atoms with Crippen molar-refractivity contribution in [3.8, 4) is 0 Å². The van der Waals surface area contributed by atoms with Gasteiger partial charge in [-0.2, -0.15) is 0 Å². The lowest BCUT2D eigenvalue weighted by molar-refractivity contribution is -0.120. The van der Waals surface area contributed by atoms with Crippen molar-refractivity contribution in [1.82, 2.24) is 10.6 Å². The molecule has 2 heterocycles. The van der Waals surface area contributed by atoms with Gasteiger partial charge in [-0.1, -0.05) is 11.6 Å². The average molecular weight is 347 g/mol. The highest BCUT2D eigenvalue weighted by Crippen LogP contribution is 2.27. The summed E-state index contributed by atoms with van der Waals surface area (Å²) in [5.74, 6) is 0.0373. The fraction of sp³-hybridized carbons (Fsp3) is 0.176. The molecule has 2 N–H and O–H groups in total. The molecule has 3 rings (SSSR count). The highest BCUT2D eigenvalue weighted by molar-refractivity contribution is 6.31. The highest BCUT2D eigenvalue weighted by atomic mass is 35.5. The van der Waals surface area contributed by atoms with Crippen LogP contribution in [0.4, 0.5) is 0 Å². The number of furan rings is 2. The molecule has 0 unspecified atom stereocenters. The van der Waals surface area contributed by atoms with Crippen LogP contribution in [0.25, 0.3) is 11.0 Å². The minimum absolute atomic E-state index is 0.156. The minimum atomic E-state index is -0.451. The van der Waals surface area contributed by atoms with Crippen LogP contribution in [0.5, 0.6) is 0 Å². The Morgan fingerprint density at radius 1 is 1.21 bits per heavy atom. The summed E-state index contributed by atoms with van der Waals surface area (Å²) in [6.07, 6.45) is 1.53. The number of carbonyl (C=O) groups is 2. The molecule has 0 atom stereocenters. The van der Waals surface area contributed by atoms with E-state index in [0.29, 0.717) is 21.9 Å². The first-order valence-corrected chi connectivity index (χ1v) is 7.68. The normalized spacial score (nSPS) is 10.8. The molecule has 0 fully saturated rings. The summed E-state index contributed by atoms with van der Waals surface area (Å²) in [7, 11) is 0. The quantitative estimate of drug-likeness (QED) is 0.743. The van der Waals surface area contributed by atoms with Crippen molar-refractivity contribution in [2.75, 3.05) is 6.54 Å². The number of carbonyl (C=O) groups excluding carboxylic acids is 2. The van der Waals surface area contributed by atoms with Gasteiger partial charge in [0.25, 0.3) is 5.91 Å². The van der Waals surface area contributed by atoms with Crippen molar-refractivity contribution in [2.45, 2.75) is 13.5 Å². The number of aryl methyl sites for hydroxylation is 1. The third kappa shape index (κ3) is 3.44. The molecule has 0 aliphatic heterocycles. The fourth-order valence-electron chi connectivity index (χ4n) is 2.31. The largest absolute Gasteiger partial charge is 0.467 e. The molecule has 24 heavy (non-hydrogen) atoms. The lowest BCUT2D eigenvalue weighted by atomic mass is 10.1. The Labute approximate surface area is 142 Å². The van der Waals surface area contributed by atoms with E-state index in [0.717, 1.165) is 5.39 Å². The van der Waals surface area contributed by atoms with Crippen molar-refractivity contribution < 1.29 is 18.4 Å². The molecule has 7 heteroatoms. The third-order valence-corrected chi connectivity index (χ3v) is 3.79. The maximum atomic E-state index is 12.2. The van der Waals surface area contributed by atoms with E-state index < -0.39 is 5.91 Å². The van der Waals surface area contributed by atoms with Gasteiger partial charge in [-0.3, -0.25) is 9.59 Å². The van der Waals surface area contributed by atoms with Crippen LogP contribution in [0, 0.1) is 6.92 Å². The van der Waals surface area contributed by atoms with Gasteiger partial charge in [0, 0.05) is 16.0 Å². The molecule has 0 aliphatic carbocycles. The Morgan fingerprint density at radius 2 is 2.04 bits per heavy atom. The van der Waals surface area contributed by atoms with Crippen LogP contribution < -0.4 is 10.6 Å². The molecule has 0 radical (unpaired) electrons. The summed E-state index contributed by atoms with van der Waals surface area (Å²) in [5, 5.41) is 6.52. The average Bonchev–Trinajstić information content (AvgIpc) is 3.19. The molecular formula is C17H15ClN2O4. The molecular weight excluding hydrogens is 332 g/mol. The van der Waals surface area contributed by atoms with Gasteiger partial charge >= 0.3 is 0 Å². The molecule has 6 nitrogen and oxygen atoms in total. The number of halogens is 1. The van der Waals surface area contributed by atoms with Crippen molar-refractivity contribution in [3.05, 3.63) is 58.7 Å². The van der Waals surface area contributed by atoms with Crippen LogP contribution in [0.2, 0.25) is 5.02 Å². The molecule has 1 aromatic carbocycles. The van der Waals surface area contributed by atoms with Crippen molar-refractivity contribution in [1.29, 1.82) is 0 Å². The van der Waals surface area contributed by atoms with Gasteiger partial charge in [-0.15, -0.1) is 0 Å². The molecule has 0 aliphatic rings. The van der Waals surface area contributed by atoms with E-state index in [4.69, 9.17) is 20.4 Å². The van der Waals surface area contributed by atoms with Gasteiger partial charge < -0.3 is 19.5 Å². The van der Waals surface area contributed by atoms with E-state index in [9.17, 15) is 9.59 Å². The van der Waals surface area contributed by atoms with Crippen LogP contribution >= 0.6 is 11.6 Å². The SMILES string of the molecule is Cc1c(C(=O)NCC(=O)NCc2ccco2)oc2ccc(Cl)cc12. The van der Waals surface area contributed by atoms with Gasteiger partial charge in [-0.05, 0) is 37.3 Å². The maximum Gasteiger partial charge on any atom is 0.287 e. The molecule has 0 saturated heterocycles. The van der Waals surface area contributed by atoms with Crippen molar-refractivity contribution in [2.24, 2.45) is 0 Å². The summed E-state index contributed by atoms with van der Waals surface area (Å²) in [5.41, 5.74) is 1.25. The molecule has 3 aromatic rings. The second kappa shape index (κ2) is 6.80. The zero-order chi connectivity index (χ0) is 17.1. The van der Waals surface area contributed by atoms with Gasteiger partial charge in [0.2, 0.25) is 5.91 Å². The Morgan fingerprint density at radius 3 is 2.79 bits per heavy atom. The minimum Gasteiger partial charge on any atom is -0.467 e. The van der Waals surface area contributed by atoms with E-state index in [1.54, 1.807) is 37.3 Å². The molecule has 124 valence electrons. The number of rotatable bonds is 5. The van der Waals surface area contributed by atoms with Crippen LogP contribution in [0.1, 0.15) is 21.9 Å². The number of amides is 2. The summed E-state index contributed by atoms with van der Waals surface area (Å²) < 4.78 is 10.7. The second-order valence-corrected chi connectivity index (χ2v) is 5.67. The van der Waals surface area contributed by atoms with Crippen LogP contribution in [-0.2, 0) is 11.3 Å². The number of hydrogen-bond acceptors (Lipinski definition) is 4. The zero-order valence-corrected chi connectivity index (χ0v) is 13.6. The monoisotopic (exact) mass is 346 g/mol. The lowest BCUT2D eigenvalue weighted by Crippen LogP contribution is -2.36. The van der Waals surface area contributed by atoms with Crippen molar-refractivity contribution in [3.63, 3.8) is 0 Å². The van der Waals surface area contributed by atoms with Crippen molar-refractivity contribution >= 4 is 34.4 Å². The summed E-state index contributed by atoms with van der Waals surface area (Å²) in [6, 6.07) is 8.62. The predicted molar refractivity (Wildman–Crippen MR) is 88.8 cm³/mol. The summed E-state index contributed by atoms with van der Waals surface area (Å²) >= 11 is 5.96. The Balaban J connectivity index is 1.60. The maximum absolute atomic E-state index is 12.2. The predicted octanol–water partition coefficient (Wildman–Crippen LogP) is 3.03. The summed E-state index contributed by atoms with van der Waals surface area (Å²) in [4.78, 5) is 24.0. The van der Waals surface area contributed by atoms with Gasteiger partial charge in [-0.25, -0.2) is 0 Å². The smallest absolute Gasteiger partial charge is 0.287 e. The Kier molecular flexibility index (Phi) is 4.57. The Hall–Kier alpha value is -2.73. The second-order valence-electron chi connectivity index (χ2n) is 5.24. The van der Waals surface area contributed by atoms with Crippen LogP contribution in [-0.4, -0.2) is 18.4 Å². The van der Waals surface area contributed by atoms with E-state index in [1.807, 2.05) is 0 Å². The topological polar surface area (TPSA) is 84.5 Å². The first-order chi connectivity index (χ1) is 11.5. The van der Waals surface area contributed by atoms with Crippen LogP contribution in [0.15, 0.2) is 45.4 Å². The standard InChI is InChI=1S/C17H15ClN2O4/c1-10-13-7-11(18)4-5-14(13)24-16(10)17(22)20-9-15(21)19-8-12-3-2-6-23-12/h2-7H,8-9H2,1H3,(H,19,21)(H,20,22).